The van der Waals surface area contributed by atoms with E-state index in [1.54, 1.807) is 0 Å². The predicted molar refractivity (Wildman–Crippen MR) is 140 cm³/mol. The summed E-state index contributed by atoms with van der Waals surface area (Å²) in [4.78, 5) is 38.5. The van der Waals surface area contributed by atoms with E-state index in [9.17, 15) is 9.59 Å². The average molecular weight is 490 g/mol. The lowest BCUT2D eigenvalue weighted by molar-refractivity contribution is -0.130. The van der Waals surface area contributed by atoms with Gasteiger partial charge in [-0.15, -0.1) is 0 Å². The minimum absolute atomic E-state index is 0.0245. The van der Waals surface area contributed by atoms with Gasteiger partial charge < -0.3 is 10.2 Å². The van der Waals surface area contributed by atoms with Gasteiger partial charge in [0.25, 0.3) is 0 Å². The predicted octanol–water partition coefficient (Wildman–Crippen LogP) is 3.94. The summed E-state index contributed by atoms with van der Waals surface area (Å²) in [6.07, 6.45) is 0. The summed E-state index contributed by atoms with van der Waals surface area (Å²) in [6, 6.07) is 17.9. The summed E-state index contributed by atoms with van der Waals surface area (Å²) in [7, 11) is 0. The molecule has 1 saturated heterocycles. The lowest BCUT2D eigenvalue weighted by Gasteiger charge is -2.34. The van der Waals surface area contributed by atoms with E-state index in [0.717, 1.165) is 33.8 Å². The average Bonchev–Trinajstić information content (AvgIpc) is 2.85. The molecule has 1 N–H and O–H groups in total. The summed E-state index contributed by atoms with van der Waals surface area (Å²) in [5.41, 5.74) is 5.77. The molecule has 0 unspecified atom stereocenters. The summed E-state index contributed by atoms with van der Waals surface area (Å²) >= 11 is 1.37. The zero-order chi connectivity index (χ0) is 24.8. The fourth-order valence-electron chi connectivity index (χ4n) is 4.13. The third-order valence-electron chi connectivity index (χ3n) is 6.07. The Labute approximate surface area is 211 Å². The molecule has 0 spiro atoms. The second-order valence-electron chi connectivity index (χ2n) is 8.80. The number of hydrogen-bond donors (Lipinski definition) is 1. The number of hydrogen-bond acceptors (Lipinski definition) is 6. The summed E-state index contributed by atoms with van der Waals surface area (Å²) < 4.78 is 0. The van der Waals surface area contributed by atoms with Crippen LogP contribution in [0.5, 0.6) is 0 Å². The van der Waals surface area contributed by atoms with Crippen LogP contribution in [0.1, 0.15) is 16.8 Å². The lowest BCUT2D eigenvalue weighted by atomic mass is 10.1. The van der Waals surface area contributed by atoms with Crippen molar-refractivity contribution in [1.29, 1.82) is 0 Å². The van der Waals surface area contributed by atoms with Crippen molar-refractivity contribution in [2.24, 2.45) is 0 Å². The molecule has 2 amide bonds. The second kappa shape index (κ2) is 11.5. The SMILES string of the molecule is Cc1cc(-c2ccccc2)nc(SCC(=O)N2CCN(CC(=O)Nc3c(C)cccc3C)CC2)n1. The maximum atomic E-state index is 12.8. The molecule has 0 radical (unpaired) electrons. The van der Waals surface area contributed by atoms with Gasteiger partial charge in [0.2, 0.25) is 11.8 Å². The smallest absolute Gasteiger partial charge is 0.238 e. The standard InChI is InChI=1S/C27H31N5O2S/c1-19-8-7-9-20(2)26(19)30-24(33)17-31-12-14-32(15-13-31)25(34)18-35-27-28-21(3)16-23(29-27)22-10-5-4-6-11-22/h4-11,16H,12-15,17-18H2,1-3H3,(H,30,33). The van der Waals surface area contributed by atoms with Crippen LogP contribution >= 0.6 is 11.8 Å². The third-order valence-corrected chi connectivity index (χ3v) is 6.90. The number of piperazine rings is 1. The first-order valence-electron chi connectivity index (χ1n) is 11.8. The molecule has 0 saturated carbocycles. The Morgan fingerprint density at radius 3 is 2.29 bits per heavy atom. The van der Waals surface area contributed by atoms with Gasteiger partial charge in [0.15, 0.2) is 5.16 Å². The highest BCUT2D eigenvalue weighted by atomic mass is 32.2. The molecule has 182 valence electrons. The molecule has 0 atom stereocenters. The highest BCUT2D eigenvalue weighted by Gasteiger charge is 2.23. The van der Waals surface area contributed by atoms with Crippen molar-refractivity contribution in [2.45, 2.75) is 25.9 Å². The van der Waals surface area contributed by atoms with Gasteiger partial charge in [0.05, 0.1) is 18.0 Å². The summed E-state index contributed by atoms with van der Waals surface area (Å²) in [5.74, 6) is 0.342. The van der Waals surface area contributed by atoms with Crippen molar-refractivity contribution < 1.29 is 9.59 Å². The number of rotatable bonds is 7. The minimum atomic E-state index is -0.0245. The molecular formula is C27H31N5O2S. The maximum Gasteiger partial charge on any atom is 0.238 e. The highest BCUT2D eigenvalue weighted by molar-refractivity contribution is 7.99. The number of thioether (sulfide) groups is 1. The first kappa shape index (κ1) is 24.9. The molecule has 8 heteroatoms. The number of benzene rings is 2. The van der Waals surface area contributed by atoms with E-state index in [1.165, 1.54) is 11.8 Å². The van der Waals surface area contributed by atoms with E-state index in [2.05, 4.69) is 20.2 Å². The molecule has 4 rings (SSSR count). The number of anilines is 1. The van der Waals surface area contributed by atoms with Crippen LogP contribution in [0, 0.1) is 20.8 Å². The minimum Gasteiger partial charge on any atom is -0.339 e. The van der Waals surface area contributed by atoms with Crippen molar-refractivity contribution >= 4 is 29.3 Å². The van der Waals surface area contributed by atoms with Gasteiger partial charge in [-0.25, -0.2) is 9.97 Å². The zero-order valence-corrected chi connectivity index (χ0v) is 21.3. The molecule has 0 bridgehead atoms. The Morgan fingerprint density at radius 1 is 0.914 bits per heavy atom. The van der Waals surface area contributed by atoms with Gasteiger partial charge in [-0.05, 0) is 38.0 Å². The van der Waals surface area contributed by atoms with Crippen molar-refractivity contribution in [3.63, 3.8) is 0 Å². The molecule has 1 fully saturated rings. The van der Waals surface area contributed by atoms with Crippen LogP contribution in [0.4, 0.5) is 5.69 Å². The Hall–Kier alpha value is -3.23. The first-order valence-corrected chi connectivity index (χ1v) is 12.8. The van der Waals surface area contributed by atoms with E-state index in [4.69, 9.17) is 0 Å². The van der Waals surface area contributed by atoms with Gasteiger partial charge in [-0.1, -0.05) is 60.3 Å². The van der Waals surface area contributed by atoms with Gasteiger partial charge >= 0.3 is 0 Å². The number of carbonyl (C=O) groups excluding carboxylic acids is 2. The Kier molecular flexibility index (Phi) is 8.15. The molecule has 3 aromatic rings. The largest absolute Gasteiger partial charge is 0.339 e. The van der Waals surface area contributed by atoms with Crippen LogP contribution in [0.2, 0.25) is 0 Å². The van der Waals surface area contributed by atoms with Crippen LogP contribution in [0.3, 0.4) is 0 Å². The molecule has 1 aliphatic rings. The number of aryl methyl sites for hydroxylation is 3. The van der Waals surface area contributed by atoms with Crippen LogP contribution in [0.15, 0.2) is 59.8 Å². The lowest BCUT2D eigenvalue weighted by Crippen LogP contribution is -2.50. The molecule has 2 aromatic carbocycles. The first-order chi connectivity index (χ1) is 16.9. The molecule has 2 heterocycles. The number of carbonyl (C=O) groups is 2. The summed E-state index contributed by atoms with van der Waals surface area (Å²) in [6.45, 7) is 8.83. The van der Waals surface area contributed by atoms with Gasteiger partial charge in [-0.3, -0.25) is 14.5 Å². The monoisotopic (exact) mass is 489 g/mol. The van der Waals surface area contributed by atoms with Crippen molar-refractivity contribution in [3.05, 3.63) is 71.4 Å². The van der Waals surface area contributed by atoms with Gasteiger partial charge in [-0.2, -0.15) is 0 Å². The van der Waals surface area contributed by atoms with E-state index in [0.29, 0.717) is 43.6 Å². The quantitative estimate of drug-likeness (QED) is 0.400. The topological polar surface area (TPSA) is 78.4 Å². The molecule has 7 nitrogen and oxygen atoms in total. The molecule has 0 aliphatic carbocycles. The summed E-state index contributed by atoms with van der Waals surface area (Å²) in [5, 5.41) is 3.65. The Balaban J connectivity index is 1.25. The number of nitrogens with zero attached hydrogens (tertiary/aromatic N) is 4. The Bertz CT molecular complexity index is 1170. The number of para-hydroxylation sites is 1. The fourth-order valence-corrected chi connectivity index (χ4v) is 4.94. The van der Waals surface area contributed by atoms with Crippen LogP contribution in [0.25, 0.3) is 11.3 Å². The third kappa shape index (κ3) is 6.68. The van der Waals surface area contributed by atoms with Crippen molar-refractivity contribution in [2.75, 3.05) is 43.8 Å². The molecule has 1 aromatic heterocycles. The number of amides is 2. The van der Waals surface area contributed by atoms with Gasteiger partial charge in [0, 0.05) is 43.1 Å². The number of aromatic nitrogens is 2. The zero-order valence-electron chi connectivity index (χ0n) is 20.5. The molecule has 35 heavy (non-hydrogen) atoms. The number of nitrogens with one attached hydrogen (secondary N) is 1. The van der Waals surface area contributed by atoms with Crippen LogP contribution in [-0.2, 0) is 9.59 Å². The Morgan fingerprint density at radius 2 is 1.60 bits per heavy atom. The van der Waals surface area contributed by atoms with Crippen LogP contribution < -0.4 is 5.32 Å². The van der Waals surface area contributed by atoms with Gasteiger partial charge in [0.1, 0.15) is 0 Å². The highest BCUT2D eigenvalue weighted by Crippen LogP contribution is 2.22. The molecule has 1 aliphatic heterocycles. The fraction of sp³-hybridized carbons (Fsp3) is 0.333. The van der Waals surface area contributed by atoms with E-state index >= 15 is 0 Å². The second-order valence-corrected chi connectivity index (χ2v) is 9.75. The van der Waals surface area contributed by atoms with Crippen molar-refractivity contribution in [1.82, 2.24) is 19.8 Å². The van der Waals surface area contributed by atoms with E-state index in [-0.39, 0.29) is 11.8 Å². The van der Waals surface area contributed by atoms with Crippen molar-refractivity contribution in [3.8, 4) is 11.3 Å². The maximum absolute atomic E-state index is 12.8. The van der Waals surface area contributed by atoms with E-state index in [1.807, 2.05) is 80.3 Å². The molecular weight excluding hydrogens is 458 g/mol. The van der Waals surface area contributed by atoms with Crippen LogP contribution in [-0.4, -0.2) is 70.1 Å². The van der Waals surface area contributed by atoms with E-state index < -0.39 is 0 Å². The normalized spacial score (nSPS) is 14.1.